The molecule has 0 radical (unpaired) electrons. The third-order valence-electron chi connectivity index (χ3n) is 11.1. The van der Waals surface area contributed by atoms with Crippen molar-refractivity contribution < 1.29 is 33.6 Å². The summed E-state index contributed by atoms with van der Waals surface area (Å²) >= 11 is 1.87. The van der Waals surface area contributed by atoms with Crippen molar-refractivity contribution in [2.75, 3.05) is 26.5 Å². The lowest BCUT2D eigenvalue weighted by atomic mass is 9.74. The van der Waals surface area contributed by atoms with Crippen LogP contribution in [0.3, 0.4) is 0 Å². The summed E-state index contributed by atoms with van der Waals surface area (Å²) in [6.45, 7) is 8.90. The SMILES string of the molecule is CC(C)N(C(C)C)P(O)OC(CC#N)CCCCCCN.COc1ccc(C(c2ccccc2)(c2ccc(OC)cc2)N2C(=O)N[C@H]3CS[C@@H](CCCCC(=O)O)[C@H]32)cc1. The number of rotatable bonds is 23. The zero-order valence-electron chi connectivity index (χ0n) is 36.2. The van der Waals surface area contributed by atoms with Crippen LogP contribution in [0.25, 0.3) is 0 Å². The highest BCUT2D eigenvalue weighted by Gasteiger charge is 2.57. The van der Waals surface area contributed by atoms with E-state index in [0.717, 1.165) is 85.4 Å². The van der Waals surface area contributed by atoms with Crippen LogP contribution in [0.4, 0.5) is 4.79 Å². The maximum Gasteiger partial charge on any atom is 0.319 e. The first-order valence-electron chi connectivity index (χ1n) is 21.2. The molecule has 2 heterocycles. The number of ether oxygens (including phenoxy) is 2. The minimum Gasteiger partial charge on any atom is -0.497 e. The summed E-state index contributed by atoms with van der Waals surface area (Å²) in [5.41, 5.74) is 7.44. The predicted molar refractivity (Wildman–Crippen MR) is 241 cm³/mol. The number of hydrogen-bond acceptors (Lipinski definition) is 10. The highest BCUT2D eigenvalue weighted by atomic mass is 32.2. The molecule has 14 heteroatoms. The number of nitrogens with one attached hydrogen (secondary N) is 1. The van der Waals surface area contributed by atoms with Crippen molar-refractivity contribution >= 4 is 32.3 Å². The fourth-order valence-corrected chi connectivity index (χ4v) is 11.3. The highest BCUT2D eigenvalue weighted by Crippen LogP contribution is 2.50. The molecule has 5 atom stereocenters. The molecule has 0 spiro atoms. The average Bonchev–Trinajstić information content (AvgIpc) is 3.78. The minimum absolute atomic E-state index is 0.00607. The molecule has 3 aromatic rings. The first kappa shape index (κ1) is 48.8. The molecular weight excluding hydrogens is 798 g/mol. The first-order chi connectivity index (χ1) is 28.9. The van der Waals surface area contributed by atoms with Gasteiger partial charge in [0.25, 0.3) is 8.53 Å². The van der Waals surface area contributed by atoms with E-state index in [0.29, 0.717) is 12.8 Å². The van der Waals surface area contributed by atoms with Crippen LogP contribution in [0.15, 0.2) is 78.9 Å². The number of carbonyl (C=O) groups excluding carboxylic acids is 1. The molecule has 12 nitrogen and oxygen atoms in total. The second kappa shape index (κ2) is 24.5. The van der Waals surface area contributed by atoms with Gasteiger partial charge in [-0.25, -0.2) is 9.46 Å². The van der Waals surface area contributed by atoms with Crippen LogP contribution >= 0.6 is 20.3 Å². The lowest BCUT2D eigenvalue weighted by Crippen LogP contribution is -2.55. The average molecular weight is 864 g/mol. The van der Waals surface area contributed by atoms with Gasteiger partial charge in [-0.05, 0) is 101 Å². The van der Waals surface area contributed by atoms with Crippen LogP contribution in [-0.2, 0) is 14.9 Å². The molecular formula is C46H66N5O7PS. The summed E-state index contributed by atoms with van der Waals surface area (Å²) in [5, 5.41) is 21.5. The van der Waals surface area contributed by atoms with Gasteiger partial charge in [0.1, 0.15) is 17.0 Å². The number of carboxylic acid groups (broad SMARTS) is 1. The van der Waals surface area contributed by atoms with Gasteiger partial charge in [0.15, 0.2) is 0 Å². The Kier molecular flexibility index (Phi) is 19.9. The Morgan fingerprint density at radius 2 is 1.48 bits per heavy atom. The third kappa shape index (κ3) is 12.6. The van der Waals surface area contributed by atoms with Crippen LogP contribution in [0.5, 0.6) is 11.5 Å². The van der Waals surface area contributed by atoms with Crippen molar-refractivity contribution in [3.8, 4) is 17.6 Å². The van der Waals surface area contributed by atoms with E-state index in [1.807, 2.05) is 111 Å². The van der Waals surface area contributed by atoms with Gasteiger partial charge in [0.05, 0.1) is 44.9 Å². The predicted octanol–water partition coefficient (Wildman–Crippen LogP) is 9.05. The molecule has 2 unspecified atom stereocenters. The zero-order valence-corrected chi connectivity index (χ0v) is 37.9. The molecule has 2 aliphatic heterocycles. The topological polar surface area (TPSA) is 171 Å². The second-order valence-electron chi connectivity index (χ2n) is 15.9. The minimum atomic E-state index is -1.64. The third-order valence-corrected chi connectivity index (χ3v) is 14.4. The van der Waals surface area contributed by atoms with E-state index in [2.05, 4.69) is 28.4 Å². The van der Waals surface area contributed by atoms with Crippen LogP contribution in [0.1, 0.15) is 109 Å². The summed E-state index contributed by atoms with van der Waals surface area (Å²) in [6.07, 6.45) is 7.70. The number of nitrogens with two attached hydrogens (primary N) is 1. The second-order valence-corrected chi connectivity index (χ2v) is 18.3. The number of carboxylic acids is 1. The molecule has 2 aliphatic rings. The number of urea groups is 1. The van der Waals surface area contributed by atoms with E-state index >= 15 is 0 Å². The van der Waals surface area contributed by atoms with E-state index in [1.165, 1.54) is 0 Å². The molecule has 5 rings (SSSR count). The Bertz CT molecular complexity index is 1720. The van der Waals surface area contributed by atoms with Crippen molar-refractivity contribution in [2.45, 2.75) is 133 Å². The zero-order chi connectivity index (χ0) is 43.7. The van der Waals surface area contributed by atoms with Crippen molar-refractivity contribution in [2.24, 2.45) is 5.73 Å². The summed E-state index contributed by atoms with van der Waals surface area (Å²) in [4.78, 5) is 37.5. The van der Waals surface area contributed by atoms with E-state index in [-0.39, 0.29) is 48.0 Å². The number of carbonyl (C=O) groups is 2. The van der Waals surface area contributed by atoms with Gasteiger partial charge in [-0.3, -0.25) is 4.79 Å². The number of methoxy groups -OCH3 is 2. The Hall–Kier alpha value is -3.89. The maximum absolute atomic E-state index is 14.0. The molecule has 3 aromatic carbocycles. The molecule has 328 valence electrons. The van der Waals surface area contributed by atoms with Crippen LogP contribution in [-0.4, -0.2) is 93.6 Å². The Labute approximate surface area is 363 Å². The van der Waals surface area contributed by atoms with Crippen molar-refractivity contribution in [3.63, 3.8) is 0 Å². The number of unbranched alkanes of at least 4 members (excludes halogenated alkanes) is 4. The number of thioether (sulfide) groups is 1. The number of amides is 2. The standard InChI is InChI=1S/C31H34N2O5S.C15H32N3O2P/c1-37-24-16-12-22(13-17-24)31(21-8-4-3-5-9-21,23-14-18-25(38-2)19-15-23)33-29-26(32-30(33)36)20-39-27(29)10-6-7-11-28(34)35;1-13(2)18(14(3)4)21(19)20-15(10-12-17)9-7-5-6-8-11-16/h3-5,8-9,12-19,26-27,29H,6-7,10-11,20H2,1-2H3,(H,32,36)(H,34,35);13-15,19H,5-11,16H2,1-4H3/t26-,27-,29-;/m0./s1. The molecule has 2 amide bonds. The van der Waals surface area contributed by atoms with E-state index in [4.69, 9.17) is 30.1 Å². The number of fused-ring (bicyclic) bond motifs is 1. The van der Waals surface area contributed by atoms with Gasteiger partial charge in [-0.2, -0.15) is 17.0 Å². The summed E-state index contributed by atoms with van der Waals surface area (Å²) < 4.78 is 18.7. The summed E-state index contributed by atoms with van der Waals surface area (Å²) in [5.74, 6) is 1.54. The number of hydrogen-bond donors (Lipinski definition) is 4. The smallest absolute Gasteiger partial charge is 0.319 e. The highest BCUT2D eigenvalue weighted by molar-refractivity contribution is 8.00. The molecule has 2 saturated heterocycles. The van der Waals surface area contributed by atoms with Gasteiger partial charge in [0.2, 0.25) is 0 Å². The Morgan fingerprint density at radius 1 is 0.917 bits per heavy atom. The molecule has 0 aromatic heterocycles. The number of aliphatic carboxylic acids is 1. The number of benzene rings is 3. The van der Waals surface area contributed by atoms with Crippen molar-refractivity contribution in [1.29, 1.82) is 5.26 Å². The quantitative estimate of drug-likeness (QED) is 0.0310. The monoisotopic (exact) mass is 863 g/mol. The van der Waals surface area contributed by atoms with Gasteiger partial charge in [-0.1, -0.05) is 80.3 Å². The van der Waals surface area contributed by atoms with Gasteiger partial charge in [0, 0.05) is 29.5 Å². The molecule has 2 fully saturated rings. The fourth-order valence-electron chi connectivity index (χ4n) is 8.38. The van der Waals surface area contributed by atoms with Gasteiger partial charge < -0.3 is 39.9 Å². The van der Waals surface area contributed by atoms with Crippen molar-refractivity contribution in [1.82, 2.24) is 14.9 Å². The van der Waals surface area contributed by atoms with E-state index in [9.17, 15) is 14.5 Å². The van der Waals surface area contributed by atoms with Crippen LogP contribution in [0, 0.1) is 11.3 Å². The Balaban J connectivity index is 0.000000323. The lowest BCUT2D eigenvalue weighted by molar-refractivity contribution is -0.137. The molecule has 0 aliphatic carbocycles. The first-order valence-corrected chi connectivity index (χ1v) is 23.4. The number of nitriles is 1. The van der Waals surface area contributed by atoms with E-state index in [1.54, 1.807) is 14.2 Å². The molecule has 0 saturated carbocycles. The fraction of sp³-hybridized carbons (Fsp3) is 0.543. The molecule has 5 N–H and O–H groups in total. The van der Waals surface area contributed by atoms with E-state index < -0.39 is 20.0 Å². The Morgan fingerprint density at radius 3 is 2.00 bits per heavy atom. The lowest BCUT2D eigenvalue weighted by Gasteiger charge is -2.46. The van der Waals surface area contributed by atoms with Crippen LogP contribution in [0.2, 0.25) is 0 Å². The largest absolute Gasteiger partial charge is 0.497 e. The van der Waals surface area contributed by atoms with Gasteiger partial charge in [-0.15, -0.1) is 0 Å². The number of nitrogens with zero attached hydrogens (tertiary/aromatic N) is 3. The van der Waals surface area contributed by atoms with Crippen molar-refractivity contribution in [3.05, 3.63) is 95.6 Å². The van der Waals surface area contributed by atoms with Gasteiger partial charge >= 0.3 is 12.0 Å². The molecule has 60 heavy (non-hydrogen) atoms. The normalized spacial score (nSPS) is 18.4. The van der Waals surface area contributed by atoms with Crippen LogP contribution < -0.4 is 20.5 Å². The summed E-state index contributed by atoms with van der Waals surface area (Å²) in [6, 6.07) is 28.5. The summed E-state index contributed by atoms with van der Waals surface area (Å²) in [7, 11) is 1.65. The molecule has 0 bridgehead atoms. The maximum atomic E-state index is 14.0.